The minimum absolute atomic E-state index is 0.146. The number of aryl methyl sites for hydroxylation is 1. The van der Waals surface area contributed by atoms with Gasteiger partial charge in [0.05, 0.1) is 18.1 Å². The number of nitrogens with zero attached hydrogens (tertiary/aromatic N) is 5. The highest BCUT2D eigenvalue weighted by Gasteiger charge is 2.25. The predicted molar refractivity (Wildman–Crippen MR) is 130 cm³/mol. The molecule has 1 saturated heterocycles. The van der Waals surface area contributed by atoms with Gasteiger partial charge in [-0.05, 0) is 61.3 Å². The van der Waals surface area contributed by atoms with Crippen LogP contribution in [0.3, 0.4) is 0 Å². The molecular weight excluding hydrogens is 428 g/mol. The van der Waals surface area contributed by atoms with Crippen LogP contribution >= 0.6 is 0 Å². The summed E-state index contributed by atoms with van der Waals surface area (Å²) < 4.78 is 5.88. The molecule has 1 aliphatic carbocycles. The molecule has 1 aromatic carbocycles. The zero-order chi connectivity index (χ0) is 23.5. The van der Waals surface area contributed by atoms with E-state index < -0.39 is 0 Å². The molecule has 2 fully saturated rings. The zero-order valence-corrected chi connectivity index (χ0v) is 19.4. The van der Waals surface area contributed by atoms with E-state index in [-0.39, 0.29) is 11.9 Å². The van der Waals surface area contributed by atoms with Crippen LogP contribution in [0.5, 0.6) is 11.8 Å². The molecule has 2 aromatic heterocycles. The third-order valence-corrected chi connectivity index (χ3v) is 6.22. The lowest BCUT2D eigenvalue weighted by molar-refractivity contribution is 0.197. The molecule has 1 N–H and O–H groups in total. The maximum absolute atomic E-state index is 12.6. The number of amides is 2. The largest absolute Gasteiger partial charge is 0.424 e. The van der Waals surface area contributed by atoms with Crippen molar-refractivity contribution in [2.45, 2.75) is 39.0 Å². The second kappa shape index (κ2) is 9.59. The van der Waals surface area contributed by atoms with Gasteiger partial charge in [0, 0.05) is 25.5 Å². The van der Waals surface area contributed by atoms with Gasteiger partial charge >= 0.3 is 12.0 Å². The molecule has 1 aliphatic heterocycles. The van der Waals surface area contributed by atoms with E-state index in [1.165, 1.54) is 24.0 Å². The van der Waals surface area contributed by atoms with Gasteiger partial charge in [0.15, 0.2) is 5.82 Å². The molecule has 0 spiro atoms. The van der Waals surface area contributed by atoms with Crippen LogP contribution in [0.25, 0.3) is 6.08 Å². The smallest absolute Gasteiger partial charge is 0.323 e. The van der Waals surface area contributed by atoms with E-state index in [2.05, 4.69) is 44.3 Å². The Kier molecular flexibility index (Phi) is 6.20. The second-order valence-electron chi connectivity index (χ2n) is 9.04. The quantitative estimate of drug-likeness (QED) is 0.567. The first kappa shape index (κ1) is 22.0. The Morgan fingerprint density at radius 3 is 2.65 bits per heavy atom. The van der Waals surface area contributed by atoms with Gasteiger partial charge in [-0.1, -0.05) is 30.7 Å². The number of carbonyl (C=O) groups is 1. The number of piperidine rings is 1. The van der Waals surface area contributed by atoms with Gasteiger partial charge in [-0.15, -0.1) is 0 Å². The van der Waals surface area contributed by atoms with E-state index in [0.29, 0.717) is 36.6 Å². The van der Waals surface area contributed by atoms with Crippen LogP contribution in [0.2, 0.25) is 0 Å². The topological polar surface area (TPSA) is 93.1 Å². The molecule has 2 amide bonds. The van der Waals surface area contributed by atoms with Crippen molar-refractivity contribution in [3.8, 4) is 11.8 Å². The average Bonchev–Trinajstić information content (AvgIpc) is 3.68. The fourth-order valence-corrected chi connectivity index (χ4v) is 4.09. The SMILES string of the molecule is Cc1cnc(NC(=O)N2CC/C(=C\c3cccc(Oc4ncc(C5CC5)cn4)c3)C(C)C2)cn1. The Morgan fingerprint density at radius 2 is 1.94 bits per heavy atom. The number of urea groups is 1. The number of likely N-dealkylation sites (tertiary alicyclic amines) is 1. The molecule has 34 heavy (non-hydrogen) atoms. The molecule has 3 aromatic rings. The second-order valence-corrected chi connectivity index (χ2v) is 9.04. The number of anilines is 1. The van der Waals surface area contributed by atoms with E-state index in [9.17, 15) is 4.79 Å². The molecule has 8 heteroatoms. The van der Waals surface area contributed by atoms with Crippen molar-refractivity contribution in [2.24, 2.45) is 5.92 Å². The summed E-state index contributed by atoms with van der Waals surface area (Å²) in [7, 11) is 0. The van der Waals surface area contributed by atoms with Crippen LogP contribution in [0.15, 0.2) is 54.6 Å². The van der Waals surface area contributed by atoms with E-state index in [1.807, 2.05) is 42.4 Å². The van der Waals surface area contributed by atoms with Crippen LogP contribution in [0, 0.1) is 12.8 Å². The molecule has 0 bridgehead atoms. The number of hydrogen-bond acceptors (Lipinski definition) is 6. The summed E-state index contributed by atoms with van der Waals surface area (Å²) >= 11 is 0. The lowest BCUT2D eigenvalue weighted by atomic mass is 9.91. The summed E-state index contributed by atoms with van der Waals surface area (Å²) in [6.45, 7) is 5.31. The summed E-state index contributed by atoms with van der Waals surface area (Å²) in [6.07, 6.45) is 12.4. The van der Waals surface area contributed by atoms with Crippen molar-refractivity contribution in [2.75, 3.05) is 18.4 Å². The third kappa shape index (κ3) is 5.39. The first-order valence-electron chi connectivity index (χ1n) is 11.7. The lowest BCUT2D eigenvalue weighted by Crippen LogP contribution is -2.42. The molecule has 3 heterocycles. The van der Waals surface area contributed by atoms with Crippen molar-refractivity contribution in [1.82, 2.24) is 24.8 Å². The fraction of sp³-hybridized carbons (Fsp3) is 0.346. The predicted octanol–water partition coefficient (Wildman–Crippen LogP) is 5.20. The van der Waals surface area contributed by atoms with E-state index in [0.717, 1.165) is 17.7 Å². The van der Waals surface area contributed by atoms with Crippen molar-refractivity contribution in [1.29, 1.82) is 0 Å². The molecule has 2 aliphatic rings. The first-order chi connectivity index (χ1) is 16.5. The first-order valence-corrected chi connectivity index (χ1v) is 11.7. The molecule has 1 unspecified atom stereocenters. The van der Waals surface area contributed by atoms with Crippen LogP contribution in [0.1, 0.15) is 48.9 Å². The molecule has 0 radical (unpaired) electrons. The number of aromatic nitrogens is 4. The van der Waals surface area contributed by atoms with Gasteiger partial charge in [-0.2, -0.15) is 0 Å². The Morgan fingerprint density at radius 1 is 1.12 bits per heavy atom. The maximum atomic E-state index is 12.6. The van der Waals surface area contributed by atoms with Gasteiger partial charge in [0.1, 0.15) is 5.75 Å². The minimum Gasteiger partial charge on any atom is -0.424 e. The molecule has 5 rings (SSSR count). The van der Waals surface area contributed by atoms with Crippen molar-refractivity contribution in [3.05, 3.63) is 71.4 Å². The van der Waals surface area contributed by atoms with Crippen LogP contribution < -0.4 is 10.1 Å². The monoisotopic (exact) mass is 456 g/mol. The van der Waals surface area contributed by atoms with Crippen molar-refractivity contribution < 1.29 is 9.53 Å². The third-order valence-electron chi connectivity index (χ3n) is 6.22. The molecule has 174 valence electrons. The summed E-state index contributed by atoms with van der Waals surface area (Å²) in [5, 5.41) is 2.83. The van der Waals surface area contributed by atoms with Gasteiger partial charge in [-0.25, -0.2) is 19.7 Å². The van der Waals surface area contributed by atoms with E-state index >= 15 is 0 Å². The fourth-order valence-electron chi connectivity index (χ4n) is 4.09. The van der Waals surface area contributed by atoms with E-state index in [4.69, 9.17) is 4.74 Å². The Hall–Kier alpha value is -3.81. The normalized spacial score (nSPS) is 19.2. The number of ether oxygens (including phenoxy) is 1. The lowest BCUT2D eigenvalue weighted by Gasteiger charge is -2.33. The highest BCUT2D eigenvalue weighted by Crippen LogP contribution is 2.39. The van der Waals surface area contributed by atoms with Gasteiger partial charge in [0.2, 0.25) is 0 Å². The summed E-state index contributed by atoms with van der Waals surface area (Å²) in [5.74, 6) is 2.04. The number of nitrogens with one attached hydrogen (secondary N) is 1. The van der Waals surface area contributed by atoms with Crippen molar-refractivity contribution >= 4 is 17.9 Å². The standard InChI is InChI=1S/C26H28N6O2/c1-17-16-32(26(33)31-24-15-27-18(2)12-28-24)9-8-21(17)10-19-4-3-5-23(11-19)34-25-29-13-22(14-30-25)20-6-7-20/h3-5,10-15,17,20H,6-9,16H2,1-2H3,(H,28,31,33)/b21-10+. The Bertz CT molecular complexity index is 1190. The average molecular weight is 457 g/mol. The summed E-state index contributed by atoms with van der Waals surface area (Å²) in [6, 6.07) is 8.14. The number of rotatable bonds is 5. The van der Waals surface area contributed by atoms with E-state index in [1.54, 1.807) is 12.4 Å². The van der Waals surface area contributed by atoms with Gasteiger partial charge in [-0.3, -0.25) is 10.3 Å². The molecule has 1 atom stereocenters. The Labute approximate surface area is 199 Å². The van der Waals surface area contributed by atoms with Crippen LogP contribution in [-0.2, 0) is 0 Å². The van der Waals surface area contributed by atoms with Gasteiger partial charge in [0.25, 0.3) is 0 Å². The number of hydrogen-bond donors (Lipinski definition) is 1. The number of benzene rings is 1. The summed E-state index contributed by atoms with van der Waals surface area (Å²) in [4.78, 5) is 31.5. The highest BCUT2D eigenvalue weighted by molar-refractivity contribution is 5.88. The minimum atomic E-state index is -0.146. The maximum Gasteiger partial charge on any atom is 0.323 e. The van der Waals surface area contributed by atoms with Crippen molar-refractivity contribution in [3.63, 3.8) is 0 Å². The summed E-state index contributed by atoms with van der Waals surface area (Å²) in [5.41, 5.74) is 4.36. The molecule has 8 nitrogen and oxygen atoms in total. The molecular formula is C26H28N6O2. The van der Waals surface area contributed by atoms with Crippen LogP contribution in [-0.4, -0.2) is 44.0 Å². The highest BCUT2D eigenvalue weighted by atomic mass is 16.5. The van der Waals surface area contributed by atoms with Gasteiger partial charge < -0.3 is 9.64 Å². The molecule has 1 saturated carbocycles. The zero-order valence-electron chi connectivity index (χ0n) is 19.4. The van der Waals surface area contributed by atoms with Crippen LogP contribution in [0.4, 0.5) is 10.6 Å². The Balaban J connectivity index is 1.20. The number of carbonyl (C=O) groups excluding carboxylic acids is 1.